The normalized spacial score (nSPS) is 11.2. The number of aryl methyl sites for hydroxylation is 2. The predicted octanol–water partition coefficient (Wildman–Crippen LogP) is 2.95. The zero-order chi connectivity index (χ0) is 17.9. The molecule has 0 aliphatic rings. The van der Waals surface area contributed by atoms with Gasteiger partial charge < -0.3 is 4.90 Å². The Hall–Kier alpha value is -2.34. The van der Waals surface area contributed by atoms with E-state index in [4.69, 9.17) is 0 Å². The number of carbonyl (C=O) groups excluding carboxylic acids is 1. The Labute approximate surface area is 143 Å². The number of nitrogens with zero attached hydrogens (tertiary/aromatic N) is 1. The number of sulfonamides is 1. The van der Waals surface area contributed by atoms with Crippen molar-refractivity contribution in [2.45, 2.75) is 20.4 Å². The Morgan fingerprint density at radius 1 is 1.08 bits per heavy atom. The molecular formula is C18H22N2O3S. The molecule has 0 aliphatic heterocycles. The van der Waals surface area contributed by atoms with E-state index in [9.17, 15) is 13.2 Å². The van der Waals surface area contributed by atoms with Crippen LogP contribution in [0.2, 0.25) is 0 Å². The molecule has 0 saturated heterocycles. The van der Waals surface area contributed by atoms with E-state index in [0.717, 1.165) is 17.4 Å². The molecule has 2 rings (SSSR count). The summed E-state index contributed by atoms with van der Waals surface area (Å²) in [6.45, 7) is 4.60. The van der Waals surface area contributed by atoms with E-state index in [-0.39, 0.29) is 5.91 Å². The van der Waals surface area contributed by atoms with Crippen LogP contribution in [0.25, 0.3) is 0 Å². The van der Waals surface area contributed by atoms with E-state index in [1.54, 1.807) is 36.2 Å². The third kappa shape index (κ3) is 4.83. The molecule has 2 aromatic rings. The summed E-state index contributed by atoms with van der Waals surface area (Å²) in [6.07, 6.45) is 1.09. The van der Waals surface area contributed by atoms with E-state index in [0.29, 0.717) is 17.8 Å². The molecule has 0 bridgehead atoms. The van der Waals surface area contributed by atoms with Gasteiger partial charge in [-0.05, 0) is 49.2 Å². The maximum Gasteiger partial charge on any atom is 0.253 e. The van der Waals surface area contributed by atoms with Crippen molar-refractivity contribution in [3.63, 3.8) is 0 Å². The van der Waals surface area contributed by atoms with Crippen molar-refractivity contribution in [3.8, 4) is 0 Å². The monoisotopic (exact) mass is 346 g/mol. The van der Waals surface area contributed by atoms with Crippen LogP contribution in [-0.4, -0.2) is 32.5 Å². The molecule has 0 fully saturated rings. The van der Waals surface area contributed by atoms with E-state index < -0.39 is 10.0 Å². The second kappa shape index (κ2) is 7.05. The van der Waals surface area contributed by atoms with Crippen LogP contribution in [0.15, 0.2) is 42.5 Å². The van der Waals surface area contributed by atoms with Crippen molar-refractivity contribution in [2.24, 2.45) is 0 Å². The van der Waals surface area contributed by atoms with Gasteiger partial charge in [-0.25, -0.2) is 8.42 Å². The molecule has 2 aromatic carbocycles. The van der Waals surface area contributed by atoms with Crippen LogP contribution in [0.3, 0.4) is 0 Å². The molecule has 0 aromatic heterocycles. The van der Waals surface area contributed by atoms with Crippen molar-refractivity contribution >= 4 is 21.6 Å². The standard InChI is InChI=1S/C18H22N2O3S/c1-13-5-6-16(14(2)11-13)12-20(3)18(21)15-7-9-17(10-8-15)19-24(4,22)23/h5-11,19H,12H2,1-4H3. The largest absolute Gasteiger partial charge is 0.337 e. The lowest BCUT2D eigenvalue weighted by molar-refractivity contribution is 0.0785. The van der Waals surface area contributed by atoms with Gasteiger partial charge in [-0.2, -0.15) is 0 Å². The summed E-state index contributed by atoms with van der Waals surface area (Å²) in [5.41, 5.74) is 4.40. The van der Waals surface area contributed by atoms with Crippen LogP contribution < -0.4 is 4.72 Å². The number of rotatable bonds is 5. The number of amides is 1. The van der Waals surface area contributed by atoms with Gasteiger partial charge in [-0.1, -0.05) is 23.8 Å². The molecule has 0 unspecified atom stereocenters. The first-order valence-corrected chi connectivity index (χ1v) is 9.44. The average Bonchev–Trinajstić information content (AvgIpc) is 2.48. The Morgan fingerprint density at radius 2 is 1.71 bits per heavy atom. The van der Waals surface area contributed by atoms with Gasteiger partial charge in [0.2, 0.25) is 10.0 Å². The maximum absolute atomic E-state index is 12.5. The molecule has 1 amide bonds. The first-order valence-electron chi connectivity index (χ1n) is 7.55. The maximum atomic E-state index is 12.5. The molecule has 128 valence electrons. The molecule has 0 atom stereocenters. The number of carbonyl (C=O) groups is 1. The van der Waals surface area contributed by atoms with E-state index in [1.807, 2.05) is 26.0 Å². The summed E-state index contributed by atoms with van der Waals surface area (Å²) >= 11 is 0. The van der Waals surface area contributed by atoms with Gasteiger partial charge >= 0.3 is 0 Å². The number of anilines is 1. The van der Waals surface area contributed by atoms with Gasteiger partial charge in [0.25, 0.3) is 5.91 Å². The highest BCUT2D eigenvalue weighted by atomic mass is 32.2. The molecule has 0 spiro atoms. The number of nitrogens with one attached hydrogen (secondary N) is 1. The lowest BCUT2D eigenvalue weighted by atomic mass is 10.1. The highest BCUT2D eigenvalue weighted by Gasteiger charge is 2.13. The zero-order valence-corrected chi connectivity index (χ0v) is 15.1. The van der Waals surface area contributed by atoms with Crippen molar-refractivity contribution < 1.29 is 13.2 Å². The van der Waals surface area contributed by atoms with Gasteiger partial charge in [-0.3, -0.25) is 9.52 Å². The Morgan fingerprint density at radius 3 is 2.25 bits per heavy atom. The van der Waals surface area contributed by atoms with Crippen molar-refractivity contribution in [3.05, 3.63) is 64.7 Å². The molecule has 0 saturated carbocycles. The predicted molar refractivity (Wildman–Crippen MR) is 96.6 cm³/mol. The SMILES string of the molecule is Cc1ccc(CN(C)C(=O)c2ccc(NS(C)(=O)=O)cc2)c(C)c1. The molecule has 5 nitrogen and oxygen atoms in total. The van der Waals surface area contributed by atoms with E-state index in [1.165, 1.54) is 5.56 Å². The molecule has 0 radical (unpaired) electrons. The highest BCUT2D eigenvalue weighted by molar-refractivity contribution is 7.92. The van der Waals surface area contributed by atoms with E-state index in [2.05, 4.69) is 10.8 Å². The van der Waals surface area contributed by atoms with Crippen LogP contribution in [-0.2, 0) is 16.6 Å². The minimum atomic E-state index is -3.32. The van der Waals surface area contributed by atoms with Crippen LogP contribution in [0.5, 0.6) is 0 Å². The molecule has 0 aliphatic carbocycles. The smallest absolute Gasteiger partial charge is 0.253 e. The summed E-state index contributed by atoms with van der Waals surface area (Å²) in [6, 6.07) is 12.6. The number of benzene rings is 2. The van der Waals surface area contributed by atoms with Crippen molar-refractivity contribution in [1.82, 2.24) is 4.90 Å². The Kier molecular flexibility index (Phi) is 5.29. The lowest BCUT2D eigenvalue weighted by Gasteiger charge is -2.19. The fraction of sp³-hybridized carbons (Fsp3) is 0.278. The van der Waals surface area contributed by atoms with Gasteiger partial charge in [0.1, 0.15) is 0 Å². The van der Waals surface area contributed by atoms with Crippen LogP contribution >= 0.6 is 0 Å². The second-order valence-electron chi connectivity index (χ2n) is 6.04. The Balaban J connectivity index is 2.10. The molecule has 6 heteroatoms. The minimum Gasteiger partial charge on any atom is -0.337 e. The summed E-state index contributed by atoms with van der Waals surface area (Å²) in [7, 11) is -1.57. The third-order valence-corrected chi connectivity index (χ3v) is 4.29. The fourth-order valence-corrected chi connectivity index (χ4v) is 3.03. The van der Waals surface area contributed by atoms with Crippen LogP contribution in [0.1, 0.15) is 27.0 Å². The van der Waals surface area contributed by atoms with Crippen LogP contribution in [0, 0.1) is 13.8 Å². The quantitative estimate of drug-likeness (QED) is 0.905. The molecule has 1 N–H and O–H groups in total. The second-order valence-corrected chi connectivity index (χ2v) is 7.79. The van der Waals surface area contributed by atoms with Crippen molar-refractivity contribution in [2.75, 3.05) is 18.0 Å². The van der Waals surface area contributed by atoms with Gasteiger partial charge in [0.05, 0.1) is 6.26 Å². The number of hydrogen-bond acceptors (Lipinski definition) is 3. The van der Waals surface area contributed by atoms with Gasteiger partial charge in [-0.15, -0.1) is 0 Å². The van der Waals surface area contributed by atoms with Crippen molar-refractivity contribution in [1.29, 1.82) is 0 Å². The third-order valence-electron chi connectivity index (χ3n) is 3.69. The Bertz CT molecular complexity index is 843. The summed E-state index contributed by atoms with van der Waals surface area (Å²) in [5.74, 6) is -0.110. The lowest BCUT2D eigenvalue weighted by Crippen LogP contribution is -2.26. The zero-order valence-electron chi connectivity index (χ0n) is 14.3. The van der Waals surface area contributed by atoms with E-state index >= 15 is 0 Å². The first-order chi connectivity index (χ1) is 11.2. The molecule has 24 heavy (non-hydrogen) atoms. The summed E-state index contributed by atoms with van der Waals surface area (Å²) in [4.78, 5) is 14.2. The minimum absolute atomic E-state index is 0.110. The molecule has 0 heterocycles. The van der Waals surface area contributed by atoms with Gasteiger partial charge in [0, 0.05) is 24.8 Å². The number of hydrogen-bond donors (Lipinski definition) is 1. The first kappa shape index (κ1) is 18.0. The average molecular weight is 346 g/mol. The molecular weight excluding hydrogens is 324 g/mol. The fourth-order valence-electron chi connectivity index (χ4n) is 2.47. The van der Waals surface area contributed by atoms with Gasteiger partial charge in [0.15, 0.2) is 0 Å². The summed E-state index contributed by atoms with van der Waals surface area (Å²) < 4.78 is 24.8. The highest BCUT2D eigenvalue weighted by Crippen LogP contribution is 2.16. The van der Waals surface area contributed by atoms with Crippen LogP contribution in [0.4, 0.5) is 5.69 Å². The summed E-state index contributed by atoms with van der Waals surface area (Å²) in [5, 5.41) is 0. The topological polar surface area (TPSA) is 66.5 Å².